The number of aliphatic hydroxyl groups excluding tert-OH is 1. The average Bonchev–Trinajstić information content (AvgIpc) is 2.51. The molecule has 0 radical (unpaired) electrons. The summed E-state index contributed by atoms with van der Waals surface area (Å²) in [6.07, 6.45) is 3.40. The zero-order valence-corrected chi connectivity index (χ0v) is 8.43. The molecule has 72 valence electrons. The predicted molar refractivity (Wildman–Crippen MR) is 51.6 cm³/mol. The van der Waals surface area contributed by atoms with Crippen LogP contribution in [0.5, 0.6) is 0 Å². The molecule has 0 bridgehead atoms. The normalized spacial score (nSPS) is 27.8. The second-order valence-corrected chi connectivity index (χ2v) is 3.82. The molecule has 1 heterocycles. The quantitative estimate of drug-likeness (QED) is 0.681. The Kier molecular flexibility index (Phi) is 4.33. The van der Waals surface area contributed by atoms with Gasteiger partial charge in [0.1, 0.15) is 0 Å². The third kappa shape index (κ3) is 2.61. The van der Waals surface area contributed by atoms with Crippen molar-refractivity contribution >= 4 is 11.6 Å². The minimum Gasteiger partial charge on any atom is -0.391 e. The molecule has 1 rings (SSSR count). The summed E-state index contributed by atoms with van der Waals surface area (Å²) >= 11 is 5.54. The number of hydrogen-bond donors (Lipinski definition) is 1. The Labute approximate surface area is 79.5 Å². The minimum atomic E-state index is -0.348. The smallest absolute Gasteiger partial charge is 0.0802 e. The standard InChI is InChI=1S/C9H18ClNO/c1-2-8-4-3-5-11(8)7-9(12)6-10/h8-9,12H,2-7H2,1H3. The Morgan fingerprint density at radius 2 is 2.42 bits per heavy atom. The molecule has 0 aromatic carbocycles. The molecule has 3 heteroatoms. The van der Waals surface area contributed by atoms with Gasteiger partial charge in [-0.25, -0.2) is 0 Å². The highest BCUT2D eigenvalue weighted by atomic mass is 35.5. The fourth-order valence-corrected chi connectivity index (χ4v) is 2.01. The predicted octanol–water partition coefficient (Wildman–Crippen LogP) is 1.46. The molecule has 2 nitrogen and oxygen atoms in total. The van der Waals surface area contributed by atoms with Gasteiger partial charge in [0.15, 0.2) is 0 Å². The number of β-amino-alcohol motifs (C(OH)–C–C–N with tert-alkyl or cyclic N) is 1. The van der Waals surface area contributed by atoms with Crippen molar-refractivity contribution in [3.05, 3.63) is 0 Å². The number of rotatable bonds is 4. The van der Waals surface area contributed by atoms with Crippen LogP contribution in [0.2, 0.25) is 0 Å². The Morgan fingerprint density at radius 1 is 1.67 bits per heavy atom. The van der Waals surface area contributed by atoms with Gasteiger partial charge in [0.05, 0.1) is 6.10 Å². The highest BCUT2D eigenvalue weighted by molar-refractivity contribution is 6.18. The number of nitrogens with zero attached hydrogens (tertiary/aromatic N) is 1. The van der Waals surface area contributed by atoms with Gasteiger partial charge in [-0.2, -0.15) is 0 Å². The van der Waals surface area contributed by atoms with Crippen LogP contribution in [0.1, 0.15) is 26.2 Å². The van der Waals surface area contributed by atoms with E-state index in [-0.39, 0.29) is 6.10 Å². The Hall–Kier alpha value is 0.210. The summed E-state index contributed by atoms with van der Waals surface area (Å²) in [5.74, 6) is 0.354. The zero-order chi connectivity index (χ0) is 8.97. The lowest BCUT2D eigenvalue weighted by atomic mass is 10.1. The molecule has 1 N–H and O–H groups in total. The molecule has 2 unspecified atom stereocenters. The van der Waals surface area contributed by atoms with Gasteiger partial charge in [-0.1, -0.05) is 6.92 Å². The van der Waals surface area contributed by atoms with Crippen molar-refractivity contribution in [2.75, 3.05) is 19.0 Å². The van der Waals surface area contributed by atoms with Gasteiger partial charge in [0, 0.05) is 18.5 Å². The van der Waals surface area contributed by atoms with Crippen LogP contribution in [-0.2, 0) is 0 Å². The summed E-state index contributed by atoms with van der Waals surface area (Å²) in [6.45, 7) is 4.09. The third-order valence-corrected chi connectivity index (χ3v) is 2.95. The van der Waals surface area contributed by atoms with E-state index >= 15 is 0 Å². The van der Waals surface area contributed by atoms with Gasteiger partial charge in [-0.15, -0.1) is 11.6 Å². The highest BCUT2D eigenvalue weighted by Gasteiger charge is 2.23. The van der Waals surface area contributed by atoms with Crippen LogP contribution in [0.4, 0.5) is 0 Å². The van der Waals surface area contributed by atoms with Crippen LogP contribution >= 0.6 is 11.6 Å². The summed E-state index contributed by atoms with van der Waals surface area (Å²) in [5, 5.41) is 9.36. The molecule has 0 amide bonds. The maximum absolute atomic E-state index is 9.36. The summed E-state index contributed by atoms with van der Waals surface area (Å²) in [7, 11) is 0. The van der Waals surface area contributed by atoms with Crippen molar-refractivity contribution in [1.29, 1.82) is 0 Å². The minimum absolute atomic E-state index is 0.348. The fraction of sp³-hybridized carbons (Fsp3) is 1.00. The first-order valence-electron chi connectivity index (χ1n) is 4.76. The number of alkyl halides is 1. The van der Waals surface area contributed by atoms with Gasteiger partial charge in [0.2, 0.25) is 0 Å². The molecule has 1 fully saturated rings. The van der Waals surface area contributed by atoms with Crippen LogP contribution < -0.4 is 0 Å². The maximum atomic E-state index is 9.36. The van der Waals surface area contributed by atoms with E-state index in [1.807, 2.05) is 0 Å². The van der Waals surface area contributed by atoms with Crippen molar-refractivity contribution in [3.63, 3.8) is 0 Å². The van der Waals surface area contributed by atoms with Crippen molar-refractivity contribution in [3.8, 4) is 0 Å². The zero-order valence-electron chi connectivity index (χ0n) is 7.67. The van der Waals surface area contributed by atoms with Crippen molar-refractivity contribution in [2.45, 2.75) is 38.3 Å². The fourth-order valence-electron chi connectivity index (χ4n) is 1.92. The van der Waals surface area contributed by atoms with E-state index in [0.717, 1.165) is 13.1 Å². The van der Waals surface area contributed by atoms with Gasteiger partial charge < -0.3 is 5.11 Å². The molecule has 2 atom stereocenters. The molecule has 1 aliphatic rings. The third-order valence-electron chi connectivity index (χ3n) is 2.59. The van der Waals surface area contributed by atoms with Gasteiger partial charge in [-0.3, -0.25) is 4.90 Å². The van der Waals surface area contributed by atoms with E-state index in [0.29, 0.717) is 11.9 Å². The lowest BCUT2D eigenvalue weighted by molar-refractivity contribution is 0.120. The Balaban J connectivity index is 2.30. The molecule has 12 heavy (non-hydrogen) atoms. The topological polar surface area (TPSA) is 23.5 Å². The highest BCUT2D eigenvalue weighted by Crippen LogP contribution is 2.19. The van der Waals surface area contributed by atoms with Crippen molar-refractivity contribution in [1.82, 2.24) is 4.90 Å². The Morgan fingerprint density at radius 3 is 3.00 bits per heavy atom. The second-order valence-electron chi connectivity index (χ2n) is 3.51. The molecule has 0 aromatic heterocycles. The summed E-state index contributed by atoms with van der Waals surface area (Å²) in [5.41, 5.74) is 0. The second kappa shape index (κ2) is 5.05. The first kappa shape index (κ1) is 10.3. The van der Waals surface area contributed by atoms with Crippen LogP contribution in [0.15, 0.2) is 0 Å². The number of hydrogen-bond acceptors (Lipinski definition) is 2. The van der Waals surface area contributed by atoms with E-state index in [1.54, 1.807) is 0 Å². The summed E-state index contributed by atoms with van der Waals surface area (Å²) < 4.78 is 0. The van der Waals surface area contributed by atoms with Gasteiger partial charge in [0.25, 0.3) is 0 Å². The molecule has 1 aliphatic heterocycles. The molecule has 1 saturated heterocycles. The van der Waals surface area contributed by atoms with E-state index < -0.39 is 0 Å². The first-order chi connectivity index (χ1) is 5.77. The maximum Gasteiger partial charge on any atom is 0.0802 e. The molecule has 0 aromatic rings. The average molecular weight is 192 g/mol. The largest absolute Gasteiger partial charge is 0.391 e. The number of likely N-dealkylation sites (tertiary alicyclic amines) is 1. The SMILES string of the molecule is CCC1CCCN1CC(O)CCl. The monoisotopic (exact) mass is 191 g/mol. The van der Waals surface area contributed by atoms with Crippen LogP contribution in [0.3, 0.4) is 0 Å². The van der Waals surface area contributed by atoms with E-state index in [1.165, 1.54) is 19.3 Å². The summed E-state index contributed by atoms with van der Waals surface area (Å²) in [4.78, 5) is 2.35. The molecular formula is C9H18ClNO. The first-order valence-corrected chi connectivity index (χ1v) is 5.29. The lowest BCUT2D eigenvalue weighted by Gasteiger charge is -2.24. The molecule has 0 spiro atoms. The van der Waals surface area contributed by atoms with Crippen LogP contribution in [0.25, 0.3) is 0 Å². The van der Waals surface area contributed by atoms with E-state index in [2.05, 4.69) is 11.8 Å². The molecule has 0 saturated carbocycles. The van der Waals surface area contributed by atoms with Crippen LogP contribution in [0, 0.1) is 0 Å². The summed E-state index contributed by atoms with van der Waals surface area (Å²) in [6, 6.07) is 0.683. The Bertz CT molecular complexity index is 132. The van der Waals surface area contributed by atoms with Crippen molar-refractivity contribution < 1.29 is 5.11 Å². The van der Waals surface area contributed by atoms with Gasteiger partial charge >= 0.3 is 0 Å². The lowest BCUT2D eigenvalue weighted by Crippen LogP contribution is -2.36. The van der Waals surface area contributed by atoms with E-state index in [9.17, 15) is 5.11 Å². The molecular weight excluding hydrogens is 174 g/mol. The number of aliphatic hydroxyl groups is 1. The van der Waals surface area contributed by atoms with E-state index in [4.69, 9.17) is 11.6 Å². The molecule has 0 aliphatic carbocycles. The number of halogens is 1. The van der Waals surface area contributed by atoms with Gasteiger partial charge in [-0.05, 0) is 25.8 Å². The van der Waals surface area contributed by atoms with Crippen LogP contribution in [-0.4, -0.2) is 41.1 Å². The van der Waals surface area contributed by atoms with Crippen molar-refractivity contribution in [2.24, 2.45) is 0 Å².